The van der Waals surface area contributed by atoms with E-state index in [-0.39, 0.29) is 5.82 Å². The first-order chi connectivity index (χ1) is 9.06. The predicted molar refractivity (Wildman–Crippen MR) is 73.6 cm³/mol. The number of aromatic nitrogens is 1. The minimum atomic E-state index is -0.307. The van der Waals surface area contributed by atoms with E-state index in [1.807, 2.05) is 6.92 Å². The number of anilines is 1. The van der Waals surface area contributed by atoms with Crippen molar-refractivity contribution in [3.8, 4) is 11.5 Å². The smallest absolute Gasteiger partial charge is 0.227 e. The second kappa shape index (κ2) is 4.24. The summed E-state index contributed by atoms with van der Waals surface area (Å²) in [6.07, 6.45) is 0. The highest BCUT2D eigenvalue weighted by Gasteiger charge is 2.15. The molecule has 0 unspecified atom stereocenters. The molecule has 3 nitrogen and oxygen atoms in total. The van der Waals surface area contributed by atoms with Crippen LogP contribution in [0.15, 0.2) is 34.7 Å². The van der Waals surface area contributed by atoms with Gasteiger partial charge >= 0.3 is 0 Å². The fraction of sp³-hybridized carbons (Fsp3) is 0.0714. The molecule has 0 bridgehead atoms. The average molecular weight is 277 g/mol. The third-order valence-electron chi connectivity index (χ3n) is 3.01. The quantitative estimate of drug-likeness (QED) is 0.678. The van der Waals surface area contributed by atoms with Gasteiger partial charge < -0.3 is 10.2 Å². The van der Waals surface area contributed by atoms with Crippen LogP contribution in [0.1, 0.15) is 5.56 Å². The van der Waals surface area contributed by atoms with Gasteiger partial charge in [-0.3, -0.25) is 0 Å². The minimum Gasteiger partial charge on any atom is -0.434 e. The first-order valence-electron chi connectivity index (χ1n) is 5.67. The van der Waals surface area contributed by atoms with Crippen molar-refractivity contribution in [2.24, 2.45) is 0 Å². The highest BCUT2D eigenvalue weighted by molar-refractivity contribution is 6.35. The van der Waals surface area contributed by atoms with Crippen LogP contribution in [0, 0.1) is 12.7 Å². The highest BCUT2D eigenvalue weighted by Crippen LogP contribution is 2.33. The van der Waals surface area contributed by atoms with Gasteiger partial charge in [0.1, 0.15) is 11.3 Å². The number of aryl methyl sites for hydroxylation is 1. The Labute approximate surface area is 113 Å². The summed E-state index contributed by atoms with van der Waals surface area (Å²) in [7, 11) is 0. The number of benzene rings is 2. The number of nitrogen functional groups attached to an aromatic ring is 1. The second-order valence-electron chi connectivity index (χ2n) is 4.28. The Hall–Kier alpha value is -2.07. The van der Waals surface area contributed by atoms with Gasteiger partial charge in [-0.2, -0.15) is 0 Å². The summed E-state index contributed by atoms with van der Waals surface area (Å²) in [5.41, 5.74) is 9.03. The summed E-state index contributed by atoms with van der Waals surface area (Å²) in [5, 5.41) is 0.416. The van der Waals surface area contributed by atoms with Crippen molar-refractivity contribution in [2.75, 3.05) is 5.73 Å². The number of nitrogens with two attached hydrogens (primary N) is 1. The van der Waals surface area contributed by atoms with Gasteiger partial charge in [-0.25, -0.2) is 9.37 Å². The fourth-order valence-corrected chi connectivity index (χ4v) is 2.14. The van der Waals surface area contributed by atoms with Crippen molar-refractivity contribution >= 4 is 28.4 Å². The maximum atomic E-state index is 12.9. The van der Waals surface area contributed by atoms with Crippen LogP contribution in [-0.2, 0) is 0 Å². The van der Waals surface area contributed by atoms with Crippen molar-refractivity contribution < 1.29 is 8.81 Å². The van der Waals surface area contributed by atoms with Crippen LogP contribution in [0.5, 0.6) is 0 Å². The van der Waals surface area contributed by atoms with E-state index < -0.39 is 0 Å². The molecule has 2 N–H and O–H groups in total. The molecule has 96 valence electrons. The van der Waals surface area contributed by atoms with E-state index in [0.717, 1.165) is 5.56 Å². The molecule has 1 aromatic heterocycles. The Balaban J connectivity index is 2.24. The molecule has 5 heteroatoms. The summed E-state index contributed by atoms with van der Waals surface area (Å²) in [4.78, 5) is 4.38. The number of nitrogens with zero attached hydrogens (tertiary/aromatic N) is 1. The van der Waals surface area contributed by atoms with Gasteiger partial charge in [0.25, 0.3) is 0 Å². The summed E-state index contributed by atoms with van der Waals surface area (Å²) in [6, 6.07) is 7.55. The van der Waals surface area contributed by atoms with Crippen molar-refractivity contribution in [3.63, 3.8) is 0 Å². The molecular weight excluding hydrogens is 267 g/mol. The Morgan fingerprint density at radius 2 is 1.95 bits per heavy atom. The van der Waals surface area contributed by atoms with Gasteiger partial charge in [-0.05, 0) is 37.3 Å². The van der Waals surface area contributed by atoms with Gasteiger partial charge in [0.05, 0.1) is 5.02 Å². The summed E-state index contributed by atoms with van der Waals surface area (Å²) in [6.45, 7) is 1.85. The van der Waals surface area contributed by atoms with E-state index in [9.17, 15) is 4.39 Å². The second-order valence-corrected chi connectivity index (χ2v) is 4.68. The number of hydrogen-bond acceptors (Lipinski definition) is 3. The van der Waals surface area contributed by atoms with Crippen LogP contribution >= 0.6 is 11.6 Å². The molecule has 0 radical (unpaired) electrons. The predicted octanol–water partition coefficient (Wildman–Crippen LogP) is 4.18. The Morgan fingerprint density at radius 1 is 1.26 bits per heavy atom. The lowest BCUT2D eigenvalue weighted by Crippen LogP contribution is -1.90. The van der Waals surface area contributed by atoms with Gasteiger partial charge in [-0.1, -0.05) is 11.6 Å². The van der Waals surface area contributed by atoms with Crippen molar-refractivity contribution in [1.29, 1.82) is 0 Å². The van der Waals surface area contributed by atoms with Gasteiger partial charge in [0.15, 0.2) is 5.58 Å². The van der Waals surface area contributed by atoms with Crippen LogP contribution in [0.3, 0.4) is 0 Å². The molecule has 0 spiro atoms. The molecule has 3 rings (SSSR count). The lowest BCUT2D eigenvalue weighted by molar-refractivity contribution is 0.616. The Kier molecular flexibility index (Phi) is 2.68. The molecular formula is C14H10ClFN2O. The van der Waals surface area contributed by atoms with E-state index in [1.54, 1.807) is 18.2 Å². The van der Waals surface area contributed by atoms with Crippen LogP contribution in [0.4, 0.5) is 10.1 Å². The zero-order chi connectivity index (χ0) is 13.6. The lowest BCUT2D eigenvalue weighted by atomic mass is 10.2. The molecule has 2 aromatic carbocycles. The maximum Gasteiger partial charge on any atom is 0.227 e. The van der Waals surface area contributed by atoms with E-state index in [1.165, 1.54) is 12.1 Å². The zero-order valence-electron chi connectivity index (χ0n) is 10.1. The average Bonchev–Trinajstić information content (AvgIpc) is 2.83. The Morgan fingerprint density at radius 3 is 2.63 bits per heavy atom. The van der Waals surface area contributed by atoms with Gasteiger partial charge in [0.2, 0.25) is 5.89 Å². The molecule has 0 fully saturated rings. The van der Waals surface area contributed by atoms with Crippen molar-refractivity contribution in [1.82, 2.24) is 4.98 Å². The Bertz CT molecular complexity index is 765. The van der Waals surface area contributed by atoms with E-state index in [4.69, 9.17) is 21.8 Å². The number of halogens is 2. The third-order valence-corrected chi connectivity index (χ3v) is 3.29. The molecule has 1 heterocycles. The maximum absolute atomic E-state index is 12.9. The molecule has 0 aliphatic rings. The minimum absolute atomic E-state index is 0.307. The standard InChI is InChI=1S/C14H10ClFN2O/c1-7-11(17)6-10(15)13-12(7)18-14(19-13)8-2-4-9(16)5-3-8/h2-6H,17H2,1H3. The largest absolute Gasteiger partial charge is 0.434 e. The third kappa shape index (κ3) is 1.94. The molecule has 0 saturated carbocycles. The SMILES string of the molecule is Cc1c(N)cc(Cl)c2oc(-c3ccc(F)cc3)nc12. The normalized spacial score (nSPS) is 11.1. The monoisotopic (exact) mass is 276 g/mol. The number of hydrogen-bond donors (Lipinski definition) is 1. The topological polar surface area (TPSA) is 52.0 Å². The summed E-state index contributed by atoms with van der Waals surface area (Å²) in [5.74, 6) is 0.0870. The molecule has 19 heavy (non-hydrogen) atoms. The van der Waals surface area contributed by atoms with E-state index in [0.29, 0.717) is 33.3 Å². The summed E-state index contributed by atoms with van der Waals surface area (Å²) < 4.78 is 18.5. The van der Waals surface area contributed by atoms with E-state index >= 15 is 0 Å². The fourth-order valence-electron chi connectivity index (χ4n) is 1.90. The lowest BCUT2D eigenvalue weighted by Gasteiger charge is -2.00. The molecule has 0 saturated heterocycles. The van der Waals surface area contributed by atoms with E-state index in [2.05, 4.69) is 4.98 Å². The summed E-state index contributed by atoms with van der Waals surface area (Å²) >= 11 is 6.09. The first-order valence-corrected chi connectivity index (χ1v) is 6.05. The van der Waals surface area contributed by atoms with Crippen LogP contribution in [0.25, 0.3) is 22.6 Å². The van der Waals surface area contributed by atoms with Gasteiger partial charge in [-0.15, -0.1) is 0 Å². The number of oxazole rings is 1. The first kappa shape index (κ1) is 12.0. The van der Waals surface area contributed by atoms with Crippen molar-refractivity contribution in [2.45, 2.75) is 6.92 Å². The molecule has 0 aliphatic heterocycles. The van der Waals surface area contributed by atoms with Gasteiger partial charge in [0, 0.05) is 16.8 Å². The molecule has 0 atom stereocenters. The van der Waals surface area contributed by atoms with Crippen LogP contribution < -0.4 is 5.73 Å². The molecule has 0 amide bonds. The van der Waals surface area contributed by atoms with Crippen molar-refractivity contribution in [3.05, 3.63) is 46.7 Å². The van der Waals surface area contributed by atoms with Crippen LogP contribution in [-0.4, -0.2) is 4.98 Å². The molecule has 3 aromatic rings. The zero-order valence-corrected chi connectivity index (χ0v) is 10.8. The highest BCUT2D eigenvalue weighted by atomic mass is 35.5. The number of fused-ring (bicyclic) bond motifs is 1. The number of rotatable bonds is 1. The molecule has 0 aliphatic carbocycles. The van der Waals surface area contributed by atoms with Crippen LogP contribution in [0.2, 0.25) is 5.02 Å².